The topological polar surface area (TPSA) is 64.5 Å². The molecule has 2 aromatic rings. The molecule has 0 radical (unpaired) electrons. The summed E-state index contributed by atoms with van der Waals surface area (Å²) in [5.41, 5.74) is 0.644. The van der Waals surface area contributed by atoms with E-state index in [1.165, 1.54) is 0 Å². The number of ether oxygens (including phenoxy) is 2. The predicted molar refractivity (Wildman–Crippen MR) is 93.4 cm³/mol. The highest BCUT2D eigenvalue weighted by molar-refractivity contribution is 5.82. The molecule has 1 amide bonds. The Bertz CT molecular complexity index is 796. The van der Waals surface area contributed by atoms with Crippen LogP contribution in [0.2, 0.25) is 0 Å². The zero-order chi connectivity index (χ0) is 17.7. The van der Waals surface area contributed by atoms with Gasteiger partial charge in [-0.25, -0.2) is 14.8 Å². The van der Waals surface area contributed by atoms with Gasteiger partial charge >= 0.3 is 6.09 Å². The third-order valence-electron chi connectivity index (χ3n) is 4.81. The number of aromatic nitrogens is 2. The molecular formula is C19H23N3O3. The first-order chi connectivity index (χ1) is 11.8. The molecule has 6 nitrogen and oxygen atoms in total. The van der Waals surface area contributed by atoms with E-state index in [1.54, 1.807) is 11.2 Å². The molecule has 1 aromatic heterocycles. The van der Waals surface area contributed by atoms with Gasteiger partial charge in [0, 0.05) is 18.5 Å². The van der Waals surface area contributed by atoms with Crippen molar-refractivity contribution >= 4 is 17.0 Å². The summed E-state index contributed by atoms with van der Waals surface area (Å²) in [5.74, 6) is 0.647. The SMILES string of the molecule is CC(C)(C)OC(=O)N1CC2(CC(Oc3ncnc4ccccc34)C2)C1. The third-order valence-corrected chi connectivity index (χ3v) is 4.81. The summed E-state index contributed by atoms with van der Waals surface area (Å²) in [4.78, 5) is 22.4. The first-order valence-electron chi connectivity index (χ1n) is 8.68. The Labute approximate surface area is 147 Å². The Morgan fingerprint density at radius 2 is 1.92 bits per heavy atom. The Morgan fingerprint density at radius 3 is 2.64 bits per heavy atom. The molecule has 0 bridgehead atoms. The van der Waals surface area contributed by atoms with Crippen LogP contribution in [0.1, 0.15) is 33.6 Å². The second-order valence-electron chi connectivity index (χ2n) is 8.18. The van der Waals surface area contributed by atoms with Crippen molar-refractivity contribution in [2.45, 2.75) is 45.3 Å². The van der Waals surface area contributed by atoms with E-state index in [0.29, 0.717) is 5.88 Å². The Morgan fingerprint density at radius 1 is 1.20 bits per heavy atom. The molecule has 1 aliphatic carbocycles. The number of para-hydroxylation sites is 1. The number of hydrogen-bond acceptors (Lipinski definition) is 5. The van der Waals surface area contributed by atoms with Crippen molar-refractivity contribution in [3.05, 3.63) is 30.6 Å². The van der Waals surface area contributed by atoms with Crippen LogP contribution in [-0.2, 0) is 4.74 Å². The molecule has 2 heterocycles. The number of likely N-dealkylation sites (tertiary alicyclic amines) is 1. The molecule has 1 aliphatic heterocycles. The number of nitrogens with zero attached hydrogens (tertiary/aromatic N) is 3. The van der Waals surface area contributed by atoms with Gasteiger partial charge in [-0.05, 0) is 45.7 Å². The minimum atomic E-state index is -0.445. The van der Waals surface area contributed by atoms with Crippen molar-refractivity contribution in [1.82, 2.24) is 14.9 Å². The molecule has 2 aliphatic rings. The summed E-state index contributed by atoms with van der Waals surface area (Å²) in [5, 5.41) is 0.940. The number of amides is 1. The molecule has 0 atom stereocenters. The lowest BCUT2D eigenvalue weighted by Gasteiger charge is -2.57. The number of rotatable bonds is 2. The van der Waals surface area contributed by atoms with Crippen molar-refractivity contribution in [1.29, 1.82) is 0 Å². The minimum Gasteiger partial charge on any atom is -0.474 e. The molecule has 1 saturated carbocycles. The quantitative estimate of drug-likeness (QED) is 0.837. The van der Waals surface area contributed by atoms with E-state index in [2.05, 4.69) is 9.97 Å². The van der Waals surface area contributed by atoms with Gasteiger partial charge in [0.05, 0.1) is 10.9 Å². The molecule has 0 N–H and O–H groups in total. The van der Waals surface area contributed by atoms with Crippen molar-refractivity contribution in [3.8, 4) is 5.88 Å². The highest BCUT2D eigenvalue weighted by Gasteiger charge is 2.55. The number of carbonyl (C=O) groups is 1. The number of carbonyl (C=O) groups excluding carboxylic acids is 1. The standard InChI is InChI=1S/C19H23N3O3/c1-18(2,3)25-17(23)22-10-19(11-22)8-13(9-19)24-16-14-6-4-5-7-15(14)20-12-21-16/h4-7,12-13H,8-11H2,1-3H3. The lowest BCUT2D eigenvalue weighted by atomic mass is 9.62. The summed E-state index contributed by atoms with van der Waals surface area (Å²) in [6.45, 7) is 7.18. The van der Waals surface area contributed by atoms with Gasteiger partial charge in [0.15, 0.2) is 0 Å². The van der Waals surface area contributed by atoms with Crippen molar-refractivity contribution in [2.24, 2.45) is 5.41 Å². The maximum Gasteiger partial charge on any atom is 0.410 e. The average molecular weight is 341 g/mol. The minimum absolute atomic E-state index is 0.152. The monoisotopic (exact) mass is 341 g/mol. The summed E-state index contributed by atoms with van der Waals surface area (Å²) in [6.07, 6.45) is 3.37. The third kappa shape index (κ3) is 3.13. The lowest BCUT2D eigenvalue weighted by Crippen LogP contribution is -2.66. The molecule has 4 rings (SSSR count). The molecule has 25 heavy (non-hydrogen) atoms. The lowest BCUT2D eigenvalue weighted by molar-refractivity contribution is -0.117. The van der Waals surface area contributed by atoms with Crippen LogP contribution in [0.5, 0.6) is 5.88 Å². The van der Waals surface area contributed by atoms with Crippen LogP contribution in [0.25, 0.3) is 10.9 Å². The van der Waals surface area contributed by atoms with Gasteiger partial charge in [0.25, 0.3) is 0 Å². The van der Waals surface area contributed by atoms with Crippen molar-refractivity contribution in [3.63, 3.8) is 0 Å². The second kappa shape index (κ2) is 5.58. The zero-order valence-corrected chi connectivity index (χ0v) is 14.9. The maximum atomic E-state index is 12.0. The molecular weight excluding hydrogens is 318 g/mol. The van der Waals surface area contributed by atoms with Crippen LogP contribution in [0.3, 0.4) is 0 Å². The first kappa shape index (κ1) is 16.1. The molecule has 0 unspecified atom stereocenters. The van der Waals surface area contributed by atoms with Gasteiger partial charge in [-0.2, -0.15) is 0 Å². The fourth-order valence-electron chi connectivity index (χ4n) is 3.70. The maximum absolute atomic E-state index is 12.0. The van der Waals surface area contributed by atoms with Crippen LogP contribution in [0.15, 0.2) is 30.6 Å². The van der Waals surface area contributed by atoms with Crippen LogP contribution in [0, 0.1) is 5.41 Å². The van der Waals surface area contributed by atoms with Gasteiger partial charge < -0.3 is 14.4 Å². The number of fused-ring (bicyclic) bond motifs is 1. The van der Waals surface area contributed by atoms with Gasteiger partial charge in [-0.3, -0.25) is 0 Å². The van der Waals surface area contributed by atoms with Gasteiger partial charge in [0.1, 0.15) is 18.0 Å². The first-order valence-corrected chi connectivity index (χ1v) is 8.68. The molecule has 132 valence electrons. The van der Waals surface area contributed by atoms with Crippen LogP contribution in [-0.4, -0.2) is 45.8 Å². The van der Waals surface area contributed by atoms with E-state index >= 15 is 0 Å². The molecule has 1 saturated heterocycles. The van der Waals surface area contributed by atoms with Gasteiger partial charge in [-0.1, -0.05) is 12.1 Å². The summed E-state index contributed by atoms with van der Waals surface area (Å²) in [7, 11) is 0. The van der Waals surface area contributed by atoms with Gasteiger partial charge in [-0.15, -0.1) is 0 Å². The van der Waals surface area contributed by atoms with E-state index in [9.17, 15) is 4.79 Å². The zero-order valence-electron chi connectivity index (χ0n) is 14.9. The van der Waals surface area contributed by atoms with Crippen molar-refractivity contribution < 1.29 is 14.3 Å². The highest BCUT2D eigenvalue weighted by atomic mass is 16.6. The number of hydrogen-bond donors (Lipinski definition) is 0. The molecule has 1 aromatic carbocycles. The molecule has 1 spiro atoms. The van der Waals surface area contributed by atoms with E-state index in [1.807, 2.05) is 45.0 Å². The summed E-state index contributed by atoms with van der Waals surface area (Å²) < 4.78 is 11.5. The second-order valence-corrected chi connectivity index (χ2v) is 8.18. The fraction of sp³-hybridized carbons (Fsp3) is 0.526. The van der Waals surface area contributed by atoms with Crippen LogP contribution < -0.4 is 4.74 Å². The van der Waals surface area contributed by atoms with E-state index in [4.69, 9.17) is 9.47 Å². The average Bonchev–Trinajstić information content (AvgIpc) is 2.46. The summed E-state index contributed by atoms with van der Waals surface area (Å²) in [6, 6.07) is 7.85. The van der Waals surface area contributed by atoms with E-state index < -0.39 is 5.60 Å². The van der Waals surface area contributed by atoms with Crippen LogP contribution >= 0.6 is 0 Å². The Kier molecular flexibility index (Phi) is 3.60. The van der Waals surface area contributed by atoms with Crippen molar-refractivity contribution in [2.75, 3.05) is 13.1 Å². The normalized spacial score (nSPS) is 19.4. The fourth-order valence-corrected chi connectivity index (χ4v) is 3.70. The van der Waals surface area contributed by atoms with E-state index in [-0.39, 0.29) is 17.6 Å². The van der Waals surface area contributed by atoms with Gasteiger partial charge in [0.2, 0.25) is 5.88 Å². The van der Waals surface area contributed by atoms with E-state index in [0.717, 1.165) is 36.8 Å². The summed E-state index contributed by atoms with van der Waals surface area (Å²) >= 11 is 0. The number of benzene rings is 1. The largest absolute Gasteiger partial charge is 0.474 e. The Hall–Kier alpha value is -2.37. The molecule has 6 heteroatoms. The smallest absolute Gasteiger partial charge is 0.410 e. The highest BCUT2D eigenvalue weighted by Crippen LogP contribution is 2.50. The predicted octanol–water partition coefficient (Wildman–Crippen LogP) is 3.41. The Balaban J connectivity index is 1.32. The van der Waals surface area contributed by atoms with Crippen LogP contribution in [0.4, 0.5) is 4.79 Å². The molecule has 2 fully saturated rings.